The summed E-state index contributed by atoms with van der Waals surface area (Å²) in [6, 6.07) is 0. The minimum absolute atomic E-state index is 0.458. The van der Waals surface area contributed by atoms with Gasteiger partial charge in [-0.25, -0.2) is 4.68 Å². The Balaban J connectivity index is 2.93. The Morgan fingerprint density at radius 3 is 2.77 bits per heavy atom. The van der Waals surface area contributed by atoms with Crippen molar-refractivity contribution in [3.8, 4) is 0 Å². The van der Waals surface area contributed by atoms with Crippen LogP contribution in [0.4, 0.5) is 0 Å². The second-order valence-corrected chi connectivity index (χ2v) is 3.16. The minimum atomic E-state index is 0.458. The number of rotatable bonds is 4. The molecule has 4 heteroatoms. The maximum Gasteiger partial charge on any atom is 0.0994 e. The zero-order chi connectivity index (χ0) is 9.84. The van der Waals surface area contributed by atoms with Crippen molar-refractivity contribution in [2.75, 3.05) is 0 Å². The van der Waals surface area contributed by atoms with Gasteiger partial charge < -0.3 is 5.73 Å². The molecule has 0 radical (unpaired) electrons. The van der Waals surface area contributed by atoms with Crippen LogP contribution < -0.4 is 5.73 Å². The molecule has 0 aromatic carbocycles. The topological polar surface area (TPSA) is 56.7 Å². The van der Waals surface area contributed by atoms with Crippen LogP contribution >= 0.6 is 0 Å². The molecule has 0 aliphatic carbocycles. The van der Waals surface area contributed by atoms with E-state index < -0.39 is 0 Å². The molecule has 0 unspecified atom stereocenters. The van der Waals surface area contributed by atoms with Crippen LogP contribution in [0.25, 0.3) is 0 Å². The predicted octanol–water partition coefficient (Wildman–Crippen LogP) is 0.875. The highest BCUT2D eigenvalue weighted by Gasteiger charge is 2.08. The van der Waals surface area contributed by atoms with E-state index in [0.29, 0.717) is 6.54 Å². The Morgan fingerprint density at radius 1 is 1.62 bits per heavy atom. The van der Waals surface area contributed by atoms with E-state index in [-0.39, 0.29) is 0 Å². The molecule has 0 aliphatic rings. The number of nitrogens with two attached hydrogens (primary N) is 1. The Morgan fingerprint density at radius 2 is 2.31 bits per heavy atom. The van der Waals surface area contributed by atoms with Gasteiger partial charge in [0.05, 0.1) is 17.9 Å². The fourth-order valence-corrected chi connectivity index (χ4v) is 1.30. The van der Waals surface area contributed by atoms with Crippen LogP contribution in [0.5, 0.6) is 0 Å². The summed E-state index contributed by atoms with van der Waals surface area (Å²) in [5.74, 6) is 0. The summed E-state index contributed by atoms with van der Waals surface area (Å²) in [7, 11) is 0. The van der Waals surface area contributed by atoms with Gasteiger partial charge in [-0.2, -0.15) is 0 Å². The number of allylic oxidation sites excluding steroid dienone is 1. The fourth-order valence-electron chi connectivity index (χ4n) is 1.30. The molecular weight excluding hydrogens is 164 g/mol. The van der Waals surface area contributed by atoms with E-state index in [1.807, 2.05) is 11.6 Å². The lowest BCUT2D eigenvalue weighted by Gasteiger charge is -2.04. The monoisotopic (exact) mass is 180 g/mol. The molecule has 1 rings (SSSR count). The first kappa shape index (κ1) is 9.92. The van der Waals surface area contributed by atoms with Crippen LogP contribution in [-0.4, -0.2) is 15.0 Å². The Hall–Kier alpha value is -1.16. The predicted molar refractivity (Wildman–Crippen MR) is 52.1 cm³/mol. The normalized spacial score (nSPS) is 10.4. The zero-order valence-electron chi connectivity index (χ0n) is 8.25. The Bertz CT molecular complexity index is 301. The third kappa shape index (κ3) is 2.15. The standard InChI is InChI=1S/C9H16N4/c1-4-9-8(5-10)11-12-13(9)6-7(2)3/h2,4-6,10H2,1,3H3. The minimum Gasteiger partial charge on any atom is -0.325 e. The third-order valence-corrected chi connectivity index (χ3v) is 1.87. The fraction of sp³-hybridized carbons (Fsp3) is 0.556. The third-order valence-electron chi connectivity index (χ3n) is 1.87. The maximum absolute atomic E-state index is 5.53. The molecule has 0 fully saturated rings. The lowest BCUT2D eigenvalue weighted by molar-refractivity contribution is 0.616. The van der Waals surface area contributed by atoms with E-state index in [1.54, 1.807) is 0 Å². The molecule has 1 aromatic rings. The molecule has 1 aromatic heterocycles. The van der Waals surface area contributed by atoms with Crippen molar-refractivity contribution in [3.63, 3.8) is 0 Å². The van der Waals surface area contributed by atoms with Crippen molar-refractivity contribution >= 4 is 0 Å². The van der Waals surface area contributed by atoms with Gasteiger partial charge in [0.25, 0.3) is 0 Å². The molecule has 72 valence electrons. The van der Waals surface area contributed by atoms with Crippen LogP contribution in [0, 0.1) is 0 Å². The van der Waals surface area contributed by atoms with E-state index in [2.05, 4.69) is 23.8 Å². The van der Waals surface area contributed by atoms with Crippen molar-refractivity contribution in [3.05, 3.63) is 23.5 Å². The van der Waals surface area contributed by atoms with Gasteiger partial charge >= 0.3 is 0 Å². The van der Waals surface area contributed by atoms with Gasteiger partial charge in [-0.1, -0.05) is 24.3 Å². The molecule has 2 N–H and O–H groups in total. The maximum atomic E-state index is 5.53. The molecule has 4 nitrogen and oxygen atoms in total. The Kier molecular flexibility index (Phi) is 3.19. The molecule has 13 heavy (non-hydrogen) atoms. The van der Waals surface area contributed by atoms with Crippen molar-refractivity contribution in [1.82, 2.24) is 15.0 Å². The highest BCUT2D eigenvalue weighted by molar-refractivity contribution is 5.10. The highest BCUT2D eigenvalue weighted by Crippen LogP contribution is 2.07. The summed E-state index contributed by atoms with van der Waals surface area (Å²) in [4.78, 5) is 0. The second-order valence-electron chi connectivity index (χ2n) is 3.16. The van der Waals surface area contributed by atoms with E-state index in [9.17, 15) is 0 Å². The van der Waals surface area contributed by atoms with Crippen LogP contribution in [0.2, 0.25) is 0 Å². The van der Waals surface area contributed by atoms with Gasteiger partial charge in [0.15, 0.2) is 0 Å². The van der Waals surface area contributed by atoms with Gasteiger partial charge in [0.2, 0.25) is 0 Å². The van der Waals surface area contributed by atoms with Gasteiger partial charge in [-0.05, 0) is 13.3 Å². The van der Waals surface area contributed by atoms with Crippen LogP contribution in [0.3, 0.4) is 0 Å². The van der Waals surface area contributed by atoms with Gasteiger partial charge in [0.1, 0.15) is 0 Å². The van der Waals surface area contributed by atoms with Crippen molar-refractivity contribution in [2.24, 2.45) is 5.73 Å². The quantitative estimate of drug-likeness (QED) is 0.700. The average molecular weight is 180 g/mol. The molecule has 0 aliphatic heterocycles. The largest absolute Gasteiger partial charge is 0.325 e. The smallest absolute Gasteiger partial charge is 0.0994 e. The molecule has 0 atom stereocenters. The molecule has 0 spiro atoms. The van der Waals surface area contributed by atoms with Crippen LogP contribution in [0.1, 0.15) is 25.2 Å². The van der Waals surface area contributed by atoms with Crippen molar-refractivity contribution < 1.29 is 0 Å². The average Bonchev–Trinajstić information content (AvgIpc) is 2.45. The second kappa shape index (κ2) is 4.18. The van der Waals surface area contributed by atoms with E-state index in [0.717, 1.165) is 29.9 Å². The van der Waals surface area contributed by atoms with E-state index in [1.165, 1.54) is 0 Å². The molecular formula is C9H16N4. The summed E-state index contributed by atoms with van der Waals surface area (Å²) in [6.07, 6.45) is 0.910. The molecule has 0 bridgehead atoms. The van der Waals surface area contributed by atoms with E-state index in [4.69, 9.17) is 5.73 Å². The molecule has 0 amide bonds. The highest BCUT2D eigenvalue weighted by atomic mass is 15.4. The summed E-state index contributed by atoms with van der Waals surface area (Å²) >= 11 is 0. The van der Waals surface area contributed by atoms with E-state index >= 15 is 0 Å². The molecule has 1 heterocycles. The summed E-state index contributed by atoms with van der Waals surface area (Å²) in [6.45, 7) is 9.08. The number of nitrogens with zero attached hydrogens (tertiary/aromatic N) is 3. The molecule has 0 saturated carbocycles. The zero-order valence-corrected chi connectivity index (χ0v) is 8.25. The molecule has 0 saturated heterocycles. The SMILES string of the molecule is C=C(C)Cn1nnc(CN)c1CC. The number of hydrogen-bond acceptors (Lipinski definition) is 3. The first-order valence-corrected chi connectivity index (χ1v) is 4.44. The van der Waals surface area contributed by atoms with Crippen molar-refractivity contribution in [2.45, 2.75) is 33.4 Å². The number of aromatic nitrogens is 3. The van der Waals surface area contributed by atoms with Crippen molar-refractivity contribution in [1.29, 1.82) is 0 Å². The van der Waals surface area contributed by atoms with Gasteiger partial charge in [-0.15, -0.1) is 5.10 Å². The first-order valence-electron chi connectivity index (χ1n) is 4.44. The summed E-state index contributed by atoms with van der Waals surface area (Å²) in [5, 5.41) is 8.03. The lowest BCUT2D eigenvalue weighted by atomic mass is 10.2. The first-order chi connectivity index (χ1) is 6.19. The number of hydrogen-bond donors (Lipinski definition) is 1. The van der Waals surface area contributed by atoms with Gasteiger partial charge in [0, 0.05) is 6.54 Å². The van der Waals surface area contributed by atoms with Crippen LogP contribution in [-0.2, 0) is 19.5 Å². The lowest BCUT2D eigenvalue weighted by Crippen LogP contribution is -2.07. The summed E-state index contributed by atoms with van der Waals surface area (Å²) in [5.41, 5.74) is 8.61. The Labute approximate surface area is 78.4 Å². The van der Waals surface area contributed by atoms with Gasteiger partial charge in [-0.3, -0.25) is 0 Å². The van der Waals surface area contributed by atoms with Crippen LogP contribution in [0.15, 0.2) is 12.2 Å². The summed E-state index contributed by atoms with van der Waals surface area (Å²) < 4.78 is 1.87.